The van der Waals surface area contributed by atoms with Crippen molar-refractivity contribution in [2.45, 2.75) is 51.2 Å². The molecule has 22 heavy (non-hydrogen) atoms. The number of carboxylic acid groups (broad SMARTS) is 1. The minimum Gasteiger partial charge on any atom is -0.480 e. The summed E-state index contributed by atoms with van der Waals surface area (Å²) in [5, 5.41) is 17.4. The van der Waals surface area contributed by atoms with Crippen LogP contribution in [0.25, 0.3) is 0 Å². The quantitative estimate of drug-likeness (QED) is 0.395. The lowest BCUT2D eigenvalue weighted by molar-refractivity contribution is -0.143. The third-order valence-corrected chi connectivity index (χ3v) is 4.33. The van der Waals surface area contributed by atoms with Crippen LogP contribution in [0.3, 0.4) is 0 Å². The monoisotopic (exact) mass is 331 g/mol. The average Bonchev–Trinajstić information content (AvgIpc) is 3.03. The molecule has 0 spiro atoms. The second kappa shape index (κ2) is 8.99. The third-order valence-electron chi connectivity index (χ3n) is 3.97. The lowest BCUT2D eigenvalue weighted by Gasteiger charge is -2.24. The summed E-state index contributed by atoms with van der Waals surface area (Å²) in [6, 6.07) is -2.11. The van der Waals surface area contributed by atoms with Gasteiger partial charge in [-0.15, -0.1) is 0 Å². The number of amides is 2. The van der Waals surface area contributed by atoms with E-state index in [0.717, 1.165) is 19.4 Å². The van der Waals surface area contributed by atoms with Crippen molar-refractivity contribution in [1.29, 1.82) is 0 Å². The minimum atomic E-state index is -1.08. The van der Waals surface area contributed by atoms with Crippen LogP contribution in [0.1, 0.15) is 33.1 Å². The summed E-state index contributed by atoms with van der Waals surface area (Å²) in [6.45, 7) is 4.40. The fraction of sp³-hybridized carbons (Fsp3) is 0.786. The zero-order valence-electron chi connectivity index (χ0n) is 13.0. The number of hydrogen-bond donors (Lipinski definition) is 5. The third kappa shape index (κ3) is 5.17. The minimum absolute atomic E-state index is 0.108. The maximum atomic E-state index is 12.2. The maximum absolute atomic E-state index is 12.2. The van der Waals surface area contributed by atoms with Crippen LogP contribution in [-0.2, 0) is 14.4 Å². The lowest BCUT2D eigenvalue weighted by Crippen LogP contribution is -2.56. The second-order valence-corrected chi connectivity index (χ2v) is 5.97. The van der Waals surface area contributed by atoms with Crippen molar-refractivity contribution in [2.24, 2.45) is 5.92 Å². The maximum Gasteiger partial charge on any atom is 0.326 e. The Morgan fingerprint density at radius 3 is 2.50 bits per heavy atom. The normalized spacial score (nSPS) is 21.7. The molecule has 1 aliphatic rings. The molecule has 0 aromatic heterocycles. The highest BCUT2D eigenvalue weighted by molar-refractivity contribution is 7.80. The molecule has 1 aliphatic heterocycles. The molecule has 126 valence electrons. The molecule has 1 fully saturated rings. The summed E-state index contributed by atoms with van der Waals surface area (Å²) < 4.78 is 0. The van der Waals surface area contributed by atoms with Crippen LogP contribution in [0.2, 0.25) is 0 Å². The number of aliphatic carboxylic acids is 1. The van der Waals surface area contributed by atoms with Crippen molar-refractivity contribution in [1.82, 2.24) is 16.0 Å². The van der Waals surface area contributed by atoms with E-state index in [1.807, 2.05) is 6.92 Å². The predicted molar refractivity (Wildman–Crippen MR) is 85.8 cm³/mol. The van der Waals surface area contributed by atoms with Gasteiger partial charge < -0.3 is 21.1 Å². The van der Waals surface area contributed by atoms with Crippen LogP contribution in [-0.4, -0.2) is 53.3 Å². The zero-order valence-corrected chi connectivity index (χ0v) is 13.9. The molecule has 1 saturated heterocycles. The van der Waals surface area contributed by atoms with Crippen molar-refractivity contribution in [3.05, 3.63) is 0 Å². The van der Waals surface area contributed by atoms with E-state index >= 15 is 0 Å². The van der Waals surface area contributed by atoms with E-state index in [9.17, 15) is 19.5 Å². The van der Waals surface area contributed by atoms with Gasteiger partial charge >= 0.3 is 5.97 Å². The van der Waals surface area contributed by atoms with Gasteiger partial charge in [0, 0.05) is 5.75 Å². The Labute approximate surface area is 136 Å². The SMILES string of the molecule is CC[C@H](C)[C@H](NC(=O)[C@H](CS)NC(=O)[C@@H]1CCCN1)C(=O)O. The molecule has 0 saturated carbocycles. The van der Waals surface area contributed by atoms with Crippen LogP contribution < -0.4 is 16.0 Å². The van der Waals surface area contributed by atoms with Gasteiger partial charge in [0.1, 0.15) is 12.1 Å². The topological polar surface area (TPSA) is 108 Å². The van der Waals surface area contributed by atoms with E-state index in [-0.39, 0.29) is 23.6 Å². The van der Waals surface area contributed by atoms with Crippen LogP contribution in [0.5, 0.6) is 0 Å². The van der Waals surface area contributed by atoms with Gasteiger partial charge in [-0.2, -0.15) is 12.6 Å². The molecular formula is C14H25N3O4S. The predicted octanol–water partition coefficient (Wildman–Crippen LogP) is -0.231. The van der Waals surface area contributed by atoms with Gasteiger partial charge in [0.15, 0.2) is 0 Å². The summed E-state index contributed by atoms with van der Waals surface area (Å²) in [4.78, 5) is 35.5. The molecule has 2 amide bonds. The van der Waals surface area contributed by atoms with E-state index in [4.69, 9.17) is 0 Å². The number of rotatable bonds is 8. The van der Waals surface area contributed by atoms with E-state index in [1.165, 1.54) is 0 Å². The molecule has 1 rings (SSSR count). The first-order chi connectivity index (χ1) is 10.4. The smallest absolute Gasteiger partial charge is 0.326 e. The summed E-state index contributed by atoms with van der Waals surface area (Å²) >= 11 is 4.08. The Bertz CT molecular complexity index is 413. The lowest BCUT2D eigenvalue weighted by atomic mass is 9.99. The molecule has 0 aromatic rings. The van der Waals surface area contributed by atoms with Crippen LogP contribution in [0.4, 0.5) is 0 Å². The van der Waals surface area contributed by atoms with E-state index in [1.54, 1.807) is 6.92 Å². The Kier molecular flexibility index (Phi) is 7.67. The van der Waals surface area contributed by atoms with Crippen molar-refractivity contribution in [2.75, 3.05) is 12.3 Å². The van der Waals surface area contributed by atoms with E-state index in [0.29, 0.717) is 6.42 Å². The summed E-state index contributed by atoms with van der Waals surface area (Å²) in [6.07, 6.45) is 2.28. The number of nitrogens with one attached hydrogen (secondary N) is 3. The van der Waals surface area contributed by atoms with Crippen molar-refractivity contribution < 1.29 is 19.5 Å². The van der Waals surface area contributed by atoms with Crippen LogP contribution in [0.15, 0.2) is 0 Å². The molecular weight excluding hydrogens is 306 g/mol. The highest BCUT2D eigenvalue weighted by atomic mass is 32.1. The molecule has 0 unspecified atom stereocenters. The fourth-order valence-corrected chi connectivity index (χ4v) is 2.57. The summed E-state index contributed by atoms with van der Waals surface area (Å²) in [5.74, 6) is -1.94. The Hall–Kier alpha value is -1.28. The van der Waals surface area contributed by atoms with Gasteiger partial charge in [-0.3, -0.25) is 9.59 Å². The van der Waals surface area contributed by atoms with Crippen molar-refractivity contribution in [3.63, 3.8) is 0 Å². The first-order valence-electron chi connectivity index (χ1n) is 7.58. The fourth-order valence-electron chi connectivity index (χ4n) is 2.31. The van der Waals surface area contributed by atoms with Gasteiger partial charge in [-0.1, -0.05) is 20.3 Å². The van der Waals surface area contributed by atoms with Gasteiger partial charge in [-0.25, -0.2) is 4.79 Å². The van der Waals surface area contributed by atoms with Crippen molar-refractivity contribution >= 4 is 30.4 Å². The first kappa shape index (κ1) is 18.8. The van der Waals surface area contributed by atoms with Gasteiger partial charge in [0.25, 0.3) is 0 Å². The summed E-state index contributed by atoms with van der Waals surface area (Å²) in [7, 11) is 0. The van der Waals surface area contributed by atoms with Crippen molar-refractivity contribution in [3.8, 4) is 0 Å². The van der Waals surface area contributed by atoms with Gasteiger partial charge in [0.05, 0.1) is 6.04 Å². The molecule has 0 aromatic carbocycles. The molecule has 7 nitrogen and oxygen atoms in total. The highest BCUT2D eigenvalue weighted by Gasteiger charge is 2.30. The number of carbonyl (C=O) groups is 3. The number of carboxylic acids is 1. The number of hydrogen-bond acceptors (Lipinski definition) is 5. The molecule has 4 N–H and O–H groups in total. The molecule has 0 bridgehead atoms. The molecule has 4 atom stereocenters. The largest absolute Gasteiger partial charge is 0.480 e. The number of carbonyl (C=O) groups excluding carboxylic acids is 2. The van der Waals surface area contributed by atoms with E-state index < -0.39 is 24.0 Å². The van der Waals surface area contributed by atoms with Crippen LogP contribution >= 0.6 is 12.6 Å². The zero-order chi connectivity index (χ0) is 16.7. The summed E-state index contributed by atoms with van der Waals surface area (Å²) in [5.41, 5.74) is 0. The number of thiol groups is 1. The second-order valence-electron chi connectivity index (χ2n) is 5.60. The first-order valence-corrected chi connectivity index (χ1v) is 8.21. The Balaban J connectivity index is 2.62. The Morgan fingerprint density at radius 1 is 1.36 bits per heavy atom. The molecule has 0 aliphatic carbocycles. The molecule has 1 heterocycles. The van der Waals surface area contributed by atoms with E-state index in [2.05, 4.69) is 28.6 Å². The standard InChI is InChI=1S/C14H25N3O4S/c1-3-8(2)11(14(20)21)17-13(19)10(7-22)16-12(18)9-5-4-6-15-9/h8-11,15,22H,3-7H2,1-2H3,(H,16,18)(H,17,19)(H,20,21)/t8-,9-,10-,11-/m0/s1. The highest BCUT2D eigenvalue weighted by Crippen LogP contribution is 2.09. The van der Waals surface area contributed by atoms with Gasteiger partial charge in [0.2, 0.25) is 11.8 Å². The van der Waals surface area contributed by atoms with Gasteiger partial charge in [-0.05, 0) is 25.3 Å². The Morgan fingerprint density at radius 2 is 2.05 bits per heavy atom. The van der Waals surface area contributed by atoms with Crippen LogP contribution in [0, 0.1) is 5.92 Å². The molecule has 0 radical (unpaired) electrons. The molecule has 8 heteroatoms. The average molecular weight is 331 g/mol.